The van der Waals surface area contributed by atoms with Crippen molar-refractivity contribution in [3.8, 4) is 0 Å². The molecule has 2 aliphatic rings. The molecule has 0 N–H and O–H groups in total. The quantitative estimate of drug-likeness (QED) is 0.642. The van der Waals surface area contributed by atoms with E-state index in [9.17, 15) is 0 Å². The first-order valence-corrected chi connectivity index (χ1v) is 7.39. The van der Waals surface area contributed by atoms with Crippen molar-refractivity contribution in [2.45, 2.75) is 51.0 Å². The van der Waals surface area contributed by atoms with Crippen LogP contribution in [0, 0.1) is 11.8 Å². The van der Waals surface area contributed by atoms with Crippen LogP contribution in [0.2, 0.25) is 0 Å². The molecule has 2 aliphatic carbocycles. The minimum atomic E-state index is 0.490. The van der Waals surface area contributed by atoms with Gasteiger partial charge in [0, 0.05) is 0 Å². The first-order chi connectivity index (χ1) is 8.93. The van der Waals surface area contributed by atoms with Crippen molar-refractivity contribution in [3.05, 3.63) is 30.3 Å². The number of hydrogen-bond donors (Lipinski definition) is 0. The summed E-state index contributed by atoms with van der Waals surface area (Å²) in [5.41, 5.74) is 0.996. The maximum Gasteiger partial charge on any atom is 0.0852 e. The normalized spacial score (nSPS) is 32.3. The van der Waals surface area contributed by atoms with Crippen LogP contribution in [0.15, 0.2) is 40.6 Å². The molecule has 2 fully saturated rings. The molecule has 2 heteroatoms. The molecule has 2 saturated carbocycles. The van der Waals surface area contributed by atoms with E-state index >= 15 is 0 Å². The zero-order chi connectivity index (χ0) is 12.2. The largest absolute Gasteiger partial charge is 0.185 e. The average molecular weight is 242 g/mol. The first kappa shape index (κ1) is 11.9. The lowest BCUT2D eigenvalue weighted by Gasteiger charge is -2.38. The van der Waals surface area contributed by atoms with Crippen molar-refractivity contribution < 1.29 is 0 Å². The highest BCUT2D eigenvalue weighted by Gasteiger charge is 2.34. The molecule has 0 saturated heterocycles. The summed E-state index contributed by atoms with van der Waals surface area (Å²) in [5, 5.41) is 9.11. The van der Waals surface area contributed by atoms with E-state index < -0.39 is 0 Å². The molecule has 0 bridgehead atoms. The first-order valence-electron chi connectivity index (χ1n) is 7.39. The highest BCUT2D eigenvalue weighted by molar-refractivity contribution is 5.34. The smallest absolute Gasteiger partial charge is 0.0852 e. The maximum absolute atomic E-state index is 4.66. The second-order valence-electron chi connectivity index (χ2n) is 5.76. The molecule has 0 aliphatic heterocycles. The minimum Gasteiger partial charge on any atom is -0.185 e. The van der Waals surface area contributed by atoms with Crippen LogP contribution in [0.3, 0.4) is 0 Å². The average Bonchev–Trinajstić information content (AvgIpc) is 2.46. The van der Waals surface area contributed by atoms with Crippen molar-refractivity contribution >= 4 is 5.69 Å². The Hall–Kier alpha value is -1.18. The molecule has 0 aromatic heterocycles. The molecule has 3 rings (SSSR count). The number of rotatable bonds is 2. The Morgan fingerprint density at radius 1 is 0.833 bits per heavy atom. The Balaban J connectivity index is 1.69. The van der Waals surface area contributed by atoms with Gasteiger partial charge >= 0.3 is 0 Å². The van der Waals surface area contributed by atoms with Gasteiger partial charge < -0.3 is 0 Å². The van der Waals surface area contributed by atoms with Crippen molar-refractivity contribution in [1.29, 1.82) is 0 Å². The van der Waals surface area contributed by atoms with Crippen LogP contribution >= 0.6 is 0 Å². The van der Waals surface area contributed by atoms with Crippen LogP contribution in [-0.2, 0) is 0 Å². The molecule has 0 heterocycles. The molecule has 2 nitrogen and oxygen atoms in total. The summed E-state index contributed by atoms with van der Waals surface area (Å²) >= 11 is 0. The lowest BCUT2D eigenvalue weighted by Crippen LogP contribution is -2.33. The predicted octanol–water partition coefficient (Wildman–Crippen LogP) is 5.13. The number of hydrogen-bond acceptors (Lipinski definition) is 2. The van der Waals surface area contributed by atoms with Crippen LogP contribution in [0.4, 0.5) is 5.69 Å². The Bertz CT molecular complexity index is 397. The number of nitrogens with zero attached hydrogens (tertiary/aromatic N) is 2. The van der Waals surface area contributed by atoms with Gasteiger partial charge in [0.25, 0.3) is 0 Å². The Morgan fingerprint density at radius 2 is 1.61 bits per heavy atom. The van der Waals surface area contributed by atoms with E-state index in [4.69, 9.17) is 0 Å². The van der Waals surface area contributed by atoms with E-state index in [1.54, 1.807) is 0 Å². The molecule has 3 unspecified atom stereocenters. The fourth-order valence-electron chi connectivity index (χ4n) is 3.68. The highest BCUT2D eigenvalue weighted by atomic mass is 15.1. The van der Waals surface area contributed by atoms with Gasteiger partial charge in [-0.15, -0.1) is 0 Å². The zero-order valence-corrected chi connectivity index (χ0v) is 11.0. The van der Waals surface area contributed by atoms with Crippen molar-refractivity contribution in [3.63, 3.8) is 0 Å². The fraction of sp³-hybridized carbons (Fsp3) is 0.625. The molecule has 0 amide bonds. The summed E-state index contributed by atoms with van der Waals surface area (Å²) in [7, 11) is 0. The summed E-state index contributed by atoms with van der Waals surface area (Å²) in [6.45, 7) is 0. The molecule has 0 spiro atoms. The van der Waals surface area contributed by atoms with Crippen molar-refractivity contribution in [1.82, 2.24) is 0 Å². The summed E-state index contributed by atoms with van der Waals surface area (Å²) in [4.78, 5) is 0. The topological polar surface area (TPSA) is 24.7 Å². The molecule has 18 heavy (non-hydrogen) atoms. The number of benzene rings is 1. The molecule has 96 valence electrons. The van der Waals surface area contributed by atoms with Gasteiger partial charge in [0.2, 0.25) is 0 Å². The van der Waals surface area contributed by atoms with Gasteiger partial charge in [0.05, 0.1) is 11.7 Å². The second kappa shape index (κ2) is 5.64. The van der Waals surface area contributed by atoms with E-state index in [2.05, 4.69) is 10.2 Å². The summed E-state index contributed by atoms with van der Waals surface area (Å²) in [6, 6.07) is 10.6. The summed E-state index contributed by atoms with van der Waals surface area (Å²) < 4.78 is 0. The van der Waals surface area contributed by atoms with Crippen LogP contribution in [0.5, 0.6) is 0 Å². The van der Waals surface area contributed by atoms with Gasteiger partial charge in [-0.1, -0.05) is 50.3 Å². The van der Waals surface area contributed by atoms with Gasteiger partial charge in [0.1, 0.15) is 0 Å². The minimum absolute atomic E-state index is 0.490. The monoisotopic (exact) mass is 242 g/mol. The van der Waals surface area contributed by atoms with Crippen LogP contribution in [0.25, 0.3) is 0 Å². The second-order valence-corrected chi connectivity index (χ2v) is 5.76. The van der Waals surface area contributed by atoms with E-state index in [0.717, 1.165) is 17.5 Å². The van der Waals surface area contributed by atoms with Crippen LogP contribution in [-0.4, -0.2) is 6.04 Å². The fourth-order valence-corrected chi connectivity index (χ4v) is 3.68. The van der Waals surface area contributed by atoms with Gasteiger partial charge in [-0.25, -0.2) is 0 Å². The number of azo groups is 1. The van der Waals surface area contributed by atoms with E-state index in [0.29, 0.717) is 6.04 Å². The van der Waals surface area contributed by atoms with Crippen LogP contribution in [0.1, 0.15) is 44.9 Å². The van der Waals surface area contributed by atoms with Crippen molar-refractivity contribution in [2.24, 2.45) is 22.1 Å². The molecular formula is C16H22N2. The SMILES string of the molecule is c1ccc(/N=N/C2CCCC3CCCCC32)cc1. The lowest BCUT2D eigenvalue weighted by molar-refractivity contribution is 0.144. The van der Waals surface area contributed by atoms with E-state index in [1.807, 2.05) is 30.3 Å². The molecule has 1 aromatic rings. The Labute approximate surface area is 110 Å². The number of fused-ring (bicyclic) bond motifs is 1. The maximum atomic E-state index is 4.66. The Morgan fingerprint density at radius 3 is 2.50 bits per heavy atom. The summed E-state index contributed by atoms with van der Waals surface area (Å²) in [5.74, 6) is 1.76. The third kappa shape index (κ3) is 2.63. The van der Waals surface area contributed by atoms with E-state index in [1.165, 1.54) is 44.9 Å². The summed E-state index contributed by atoms with van der Waals surface area (Å²) in [6.07, 6.45) is 9.67. The molecular weight excluding hydrogens is 220 g/mol. The van der Waals surface area contributed by atoms with E-state index in [-0.39, 0.29) is 0 Å². The van der Waals surface area contributed by atoms with Gasteiger partial charge in [-0.05, 0) is 36.8 Å². The molecule has 0 radical (unpaired) electrons. The van der Waals surface area contributed by atoms with Crippen molar-refractivity contribution in [2.75, 3.05) is 0 Å². The predicted molar refractivity (Wildman–Crippen MR) is 74.0 cm³/mol. The highest BCUT2D eigenvalue weighted by Crippen LogP contribution is 2.42. The third-order valence-electron chi connectivity index (χ3n) is 4.61. The van der Waals surface area contributed by atoms with Gasteiger partial charge in [-0.2, -0.15) is 10.2 Å². The lowest BCUT2D eigenvalue weighted by atomic mass is 9.69. The molecule has 3 atom stereocenters. The Kier molecular flexibility index (Phi) is 3.72. The standard InChI is InChI=1S/C16H22N2/c1-2-9-14(10-3-1)17-18-16-12-6-8-13-7-4-5-11-15(13)16/h1-3,9-10,13,15-16H,4-8,11-12H2/b18-17+. The third-order valence-corrected chi connectivity index (χ3v) is 4.61. The van der Waals surface area contributed by atoms with Gasteiger partial charge in [-0.3, -0.25) is 0 Å². The van der Waals surface area contributed by atoms with Gasteiger partial charge in [0.15, 0.2) is 0 Å². The molecule has 1 aromatic carbocycles. The van der Waals surface area contributed by atoms with Crippen LogP contribution < -0.4 is 0 Å². The zero-order valence-electron chi connectivity index (χ0n) is 11.0.